The van der Waals surface area contributed by atoms with Crippen LogP contribution in [0.25, 0.3) is 0 Å². The van der Waals surface area contributed by atoms with Crippen LogP contribution in [-0.2, 0) is 4.79 Å². The number of nitrogens with zero attached hydrogens (tertiary/aromatic N) is 2. The lowest BCUT2D eigenvalue weighted by Crippen LogP contribution is -2.15. The van der Waals surface area contributed by atoms with Crippen molar-refractivity contribution in [3.63, 3.8) is 0 Å². The van der Waals surface area contributed by atoms with Crippen LogP contribution in [0.4, 0.5) is 11.5 Å². The third-order valence-electron chi connectivity index (χ3n) is 3.75. The highest BCUT2D eigenvalue weighted by Crippen LogP contribution is 2.26. The van der Waals surface area contributed by atoms with E-state index in [1.165, 1.54) is 11.8 Å². The molecule has 0 radical (unpaired) electrons. The van der Waals surface area contributed by atoms with Gasteiger partial charge < -0.3 is 10.6 Å². The zero-order valence-electron chi connectivity index (χ0n) is 15.3. The van der Waals surface area contributed by atoms with Crippen molar-refractivity contribution in [2.75, 3.05) is 16.4 Å². The lowest BCUT2D eigenvalue weighted by atomic mass is 10.1. The van der Waals surface area contributed by atoms with Gasteiger partial charge >= 0.3 is 0 Å². The van der Waals surface area contributed by atoms with E-state index >= 15 is 0 Å². The summed E-state index contributed by atoms with van der Waals surface area (Å²) in [6.45, 7) is 1.95. The number of carbonyl (C=O) groups is 2. The molecule has 148 valence electrons. The van der Waals surface area contributed by atoms with E-state index in [0.717, 1.165) is 5.56 Å². The Labute approximate surface area is 182 Å². The molecule has 0 bridgehead atoms. The molecule has 2 aromatic carbocycles. The second kappa shape index (κ2) is 9.73. The van der Waals surface area contributed by atoms with Gasteiger partial charge in [-0.25, -0.2) is 0 Å². The van der Waals surface area contributed by atoms with Gasteiger partial charge in [-0.2, -0.15) is 0 Å². The van der Waals surface area contributed by atoms with E-state index in [-0.39, 0.29) is 17.6 Å². The van der Waals surface area contributed by atoms with Crippen molar-refractivity contribution in [1.29, 1.82) is 0 Å². The minimum Gasteiger partial charge on any atom is -0.324 e. The van der Waals surface area contributed by atoms with Crippen molar-refractivity contribution in [3.05, 3.63) is 75.8 Å². The average molecular weight is 447 g/mol. The quantitative estimate of drug-likeness (QED) is 0.516. The van der Waals surface area contributed by atoms with Crippen LogP contribution in [0.5, 0.6) is 0 Å². The zero-order chi connectivity index (χ0) is 20.8. The molecule has 0 spiro atoms. The Kier molecular flexibility index (Phi) is 7.09. The molecule has 0 aliphatic carbocycles. The fourth-order valence-corrected chi connectivity index (χ4v) is 3.23. The molecule has 2 amide bonds. The number of thioether (sulfide) groups is 1. The molecule has 2 N–H and O–H groups in total. The van der Waals surface area contributed by atoms with E-state index in [0.29, 0.717) is 32.1 Å². The van der Waals surface area contributed by atoms with Gasteiger partial charge in [0.25, 0.3) is 5.91 Å². The third-order valence-corrected chi connectivity index (χ3v) is 5.23. The van der Waals surface area contributed by atoms with Gasteiger partial charge in [-0.15, -0.1) is 10.2 Å². The largest absolute Gasteiger partial charge is 0.324 e. The number of hydrogen-bond acceptors (Lipinski definition) is 5. The predicted molar refractivity (Wildman–Crippen MR) is 117 cm³/mol. The Balaban J connectivity index is 1.52. The van der Waals surface area contributed by atoms with E-state index in [1.807, 2.05) is 19.1 Å². The van der Waals surface area contributed by atoms with Crippen LogP contribution in [0.1, 0.15) is 15.9 Å². The topological polar surface area (TPSA) is 84.0 Å². The van der Waals surface area contributed by atoms with Crippen LogP contribution < -0.4 is 10.6 Å². The number of aromatic nitrogens is 2. The van der Waals surface area contributed by atoms with Crippen LogP contribution in [0, 0.1) is 6.92 Å². The number of amides is 2. The molecule has 9 heteroatoms. The van der Waals surface area contributed by atoms with Crippen LogP contribution in [-0.4, -0.2) is 27.8 Å². The Morgan fingerprint density at radius 3 is 2.41 bits per heavy atom. The molecule has 0 fully saturated rings. The molecule has 29 heavy (non-hydrogen) atoms. The van der Waals surface area contributed by atoms with Crippen molar-refractivity contribution in [2.24, 2.45) is 0 Å². The molecular formula is C20H16Cl2N4O2S. The monoisotopic (exact) mass is 446 g/mol. The van der Waals surface area contributed by atoms with Crippen LogP contribution in [0.3, 0.4) is 0 Å². The number of hydrogen-bond donors (Lipinski definition) is 2. The highest BCUT2D eigenvalue weighted by Gasteiger charge is 2.10. The molecule has 3 rings (SSSR count). The minimum atomic E-state index is -0.266. The summed E-state index contributed by atoms with van der Waals surface area (Å²) in [6.07, 6.45) is 0. The molecule has 0 aliphatic heterocycles. The Morgan fingerprint density at radius 2 is 1.72 bits per heavy atom. The van der Waals surface area contributed by atoms with Crippen LogP contribution in [0.2, 0.25) is 10.0 Å². The summed E-state index contributed by atoms with van der Waals surface area (Å²) in [6, 6.07) is 15.4. The van der Waals surface area contributed by atoms with E-state index in [9.17, 15) is 9.59 Å². The predicted octanol–water partition coefficient (Wildman–Crippen LogP) is 5.07. The Bertz CT molecular complexity index is 1030. The summed E-state index contributed by atoms with van der Waals surface area (Å²) in [4.78, 5) is 24.3. The van der Waals surface area contributed by atoms with Crippen molar-refractivity contribution in [1.82, 2.24) is 10.2 Å². The average Bonchev–Trinajstić information content (AvgIpc) is 2.70. The van der Waals surface area contributed by atoms with Crippen LogP contribution >= 0.6 is 35.0 Å². The standard InChI is InChI=1S/C20H16Cl2N4O2S/c1-12-2-4-13(5-3-12)20(28)24-17-8-9-19(26-25-17)29-11-18(27)23-16-10-14(21)6-7-15(16)22/h2-10H,11H2,1H3,(H,23,27)(H,24,25,28). The number of anilines is 2. The third kappa shape index (κ3) is 6.19. The van der Waals surface area contributed by atoms with Gasteiger partial charge in [0.2, 0.25) is 5.91 Å². The molecule has 3 aromatic rings. The summed E-state index contributed by atoms with van der Waals surface area (Å²) in [5.41, 5.74) is 2.06. The zero-order valence-corrected chi connectivity index (χ0v) is 17.6. The van der Waals surface area contributed by atoms with E-state index in [2.05, 4.69) is 20.8 Å². The molecule has 1 aromatic heterocycles. The fraction of sp³-hybridized carbons (Fsp3) is 0.100. The molecule has 0 saturated carbocycles. The summed E-state index contributed by atoms with van der Waals surface area (Å²) < 4.78 is 0. The molecular weight excluding hydrogens is 431 g/mol. The van der Waals surface area contributed by atoms with E-state index in [4.69, 9.17) is 23.2 Å². The van der Waals surface area contributed by atoms with Crippen molar-refractivity contribution >= 4 is 58.3 Å². The van der Waals surface area contributed by atoms with Gasteiger partial charge in [0.05, 0.1) is 16.5 Å². The number of halogens is 2. The summed E-state index contributed by atoms with van der Waals surface area (Å²) in [7, 11) is 0. The molecule has 0 unspecified atom stereocenters. The number of aryl methyl sites for hydroxylation is 1. The number of benzene rings is 2. The second-order valence-corrected chi connectivity index (χ2v) is 7.88. The first kappa shape index (κ1) is 21.1. The number of rotatable bonds is 6. The second-order valence-electron chi connectivity index (χ2n) is 6.04. The Morgan fingerprint density at radius 1 is 0.966 bits per heavy atom. The molecule has 0 aliphatic rings. The summed E-state index contributed by atoms with van der Waals surface area (Å²) in [5.74, 6) is -0.0719. The normalized spacial score (nSPS) is 10.4. The first-order chi connectivity index (χ1) is 13.9. The highest BCUT2D eigenvalue weighted by molar-refractivity contribution is 7.99. The summed E-state index contributed by atoms with van der Waals surface area (Å²) >= 11 is 13.1. The lowest BCUT2D eigenvalue weighted by Gasteiger charge is -2.07. The molecule has 6 nitrogen and oxygen atoms in total. The van der Waals surface area contributed by atoms with Gasteiger partial charge in [-0.3, -0.25) is 9.59 Å². The fourth-order valence-electron chi connectivity index (χ4n) is 2.28. The number of carbonyl (C=O) groups excluding carboxylic acids is 2. The number of nitrogens with one attached hydrogen (secondary N) is 2. The molecule has 1 heterocycles. The van der Waals surface area contributed by atoms with Crippen LogP contribution in [0.15, 0.2) is 59.6 Å². The van der Waals surface area contributed by atoms with Crippen molar-refractivity contribution in [2.45, 2.75) is 11.9 Å². The maximum atomic E-state index is 12.2. The lowest BCUT2D eigenvalue weighted by molar-refractivity contribution is -0.113. The first-order valence-corrected chi connectivity index (χ1v) is 10.2. The maximum Gasteiger partial charge on any atom is 0.256 e. The van der Waals surface area contributed by atoms with Gasteiger partial charge in [0, 0.05) is 10.6 Å². The molecule has 0 atom stereocenters. The SMILES string of the molecule is Cc1ccc(C(=O)Nc2ccc(SCC(=O)Nc3cc(Cl)ccc3Cl)nn2)cc1. The highest BCUT2D eigenvalue weighted by atomic mass is 35.5. The summed E-state index contributed by atoms with van der Waals surface area (Å²) in [5, 5.41) is 14.8. The van der Waals surface area contributed by atoms with Gasteiger partial charge in [0.1, 0.15) is 5.03 Å². The van der Waals surface area contributed by atoms with Gasteiger partial charge in [-0.1, -0.05) is 52.7 Å². The van der Waals surface area contributed by atoms with Gasteiger partial charge in [-0.05, 0) is 49.4 Å². The van der Waals surface area contributed by atoms with Crippen molar-refractivity contribution in [3.8, 4) is 0 Å². The van der Waals surface area contributed by atoms with E-state index < -0.39 is 0 Å². The van der Waals surface area contributed by atoms with Crippen molar-refractivity contribution < 1.29 is 9.59 Å². The maximum absolute atomic E-state index is 12.2. The van der Waals surface area contributed by atoms with Gasteiger partial charge in [0.15, 0.2) is 5.82 Å². The first-order valence-electron chi connectivity index (χ1n) is 8.50. The molecule has 0 saturated heterocycles. The Hall–Kier alpha value is -2.61. The minimum absolute atomic E-state index is 0.118. The smallest absolute Gasteiger partial charge is 0.256 e. The van der Waals surface area contributed by atoms with E-state index in [1.54, 1.807) is 42.5 Å².